The first kappa shape index (κ1) is 92.3. The molecule has 2 fully saturated rings. The molecule has 0 radical (unpaired) electrons. The Morgan fingerprint density at radius 1 is 0.447 bits per heavy atom. The van der Waals surface area contributed by atoms with Gasteiger partial charge in [-0.05, 0) is 26.7 Å². The SMILES string of the molecule is CC(C)=O.CCCCCCCCCCCCCCCCCCN1CC[NH+](C)C1.CCCCCCCCCCCCCCCCCCN1CC[NH+](C)C1.O=S(=O)([O-])C(F)(F)C(F)F.O=S(=O)([O-])C(F)(F)C(F)F.[Cl-].[Cl-].[K+].[K+]. The van der Waals surface area contributed by atoms with E-state index >= 15 is 0 Å². The molecule has 2 aliphatic rings. The third-order valence-electron chi connectivity index (χ3n) is 12.5. The molecule has 0 saturated carbocycles. The van der Waals surface area contributed by atoms with Gasteiger partial charge in [0, 0.05) is 13.1 Å². The molecule has 0 bridgehead atoms. The van der Waals surface area contributed by atoms with Crippen LogP contribution >= 0.6 is 0 Å². The topological polar surface area (TPSA) is 147 Å². The smallest absolute Gasteiger partial charge is 1.00 e. The molecule has 2 atom stereocenters. The van der Waals surface area contributed by atoms with E-state index in [1.54, 1.807) is 9.80 Å². The zero-order valence-corrected chi connectivity index (χ0v) is 57.7. The number of ketones is 1. The maximum Gasteiger partial charge on any atom is 1.00 e. The normalized spacial score (nSPS) is 15.8. The van der Waals surface area contributed by atoms with E-state index in [2.05, 4.69) is 37.7 Å². The molecule has 0 amide bonds. The van der Waals surface area contributed by atoms with Gasteiger partial charge in [-0.3, -0.25) is 9.80 Å². The summed E-state index contributed by atoms with van der Waals surface area (Å²) in [6.45, 7) is 18.2. The third-order valence-corrected chi connectivity index (χ3v) is 14.2. The molecule has 2 saturated heterocycles. The van der Waals surface area contributed by atoms with Crippen molar-refractivity contribution in [1.29, 1.82) is 0 Å². The minimum atomic E-state index is -6.23. The fourth-order valence-corrected chi connectivity index (χ4v) is 8.58. The summed E-state index contributed by atoms with van der Waals surface area (Å²) in [5, 5.41) is -11.0. The van der Waals surface area contributed by atoms with Gasteiger partial charge >= 0.3 is 126 Å². The van der Waals surface area contributed by atoms with Crippen LogP contribution in [0.3, 0.4) is 0 Å². The maximum absolute atomic E-state index is 11.4. The van der Waals surface area contributed by atoms with E-state index in [0.717, 1.165) is 0 Å². The van der Waals surface area contributed by atoms with E-state index in [-0.39, 0.29) is 133 Å². The fourth-order valence-electron chi connectivity index (χ4n) is 8.14. The van der Waals surface area contributed by atoms with E-state index < -0.39 is 43.6 Å². The van der Waals surface area contributed by atoms with Crippen LogP contribution in [0, 0.1) is 0 Å². The molecule has 2 unspecified atom stereocenters. The van der Waals surface area contributed by atoms with E-state index in [9.17, 15) is 65.9 Å². The number of likely N-dealkylation sites (N-methyl/N-ethyl adjacent to an activating group) is 2. The van der Waals surface area contributed by atoms with Crippen LogP contribution in [-0.4, -0.2) is 132 Å². The van der Waals surface area contributed by atoms with Crippen LogP contribution in [0.15, 0.2) is 0 Å². The van der Waals surface area contributed by atoms with Crippen molar-refractivity contribution in [3.63, 3.8) is 0 Å². The molecule has 25 heteroatoms. The number of carbonyl (C=O) groups excluding carboxylic acids is 1. The zero-order valence-electron chi connectivity index (χ0n) is 48.3. The number of hydrogen-bond acceptors (Lipinski definition) is 9. The van der Waals surface area contributed by atoms with Gasteiger partial charge in [0.15, 0.2) is 20.2 Å². The van der Waals surface area contributed by atoms with Crippen molar-refractivity contribution in [3.05, 3.63) is 0 Å². The Hall–Kier alpha value is 2.62. The van der Waals surface area contributed by atoms with Crippen molar-refractivity contribution in [2.75, 3.05) is 66.7 Å². The average Bonchev–Trinajstić information content (AvgIpc) is 3.92. The second-order valence-corrected chi connectivity index (χ2v) is 23.0. The second kappa shape index (κ2) is 59.4. The predicted molar refractivity (Wildman–Crippen MR) is 273 cm³/mol. The standard InChI is InChI=1S/2C22H46N2.C3H6O.2C2H2F4O3S.2ClH.2K/c2*1-3-4-5-6-7-8-9-10-11-12-13-14-15-16-17-18-19-24-21-20-23(2)22-24;1-3(2)4;2*3-1(4)2(5,6)10(7,8)9;;;;/h2*3-22H2,1-2H3;1-2H3;2*1H,(H,7,8,9);2*1H;;/q;;;;;;;2*+1/p-2. The zero-order chi connectivity index (χ0) is 55.3. The molecular weight excluding hydrogens is 1150 g/mol. The Kier molecular flexibility index (Phi) is 72.1. The van der Waals surface area contributed by atoms with Crippen LogP contribution in [0.4, 0.5) is 35.1 Å². The molecule has 76 heavy (non-hydrogen) atoms. The van der Waals surface area contributed by atoms with Gasteiger partial charge in [-0.1, -0.05) is 206 Å². The van der Waals surface area contributed by atoms with Gasteiger partial charge in [0.2, 0.25) is 0 Å². The number of Topliss-reactive ketones (excluding diaryl/α,β-unsaturated/α-hetero) is 1. The monoisotopic (exact) mass is 1250 g/mol. The van der Waals surface area contributed by atoms with Crippen LogP contribution in [0.2, 0.25) is 0 Å². The van der Waals surface area contributed by atoms with Crippen molar-refractivity contribution in [3.8, 4) is 0 Å². The molecule has 2 rings (SSSR count). The molecule has 2 heterocycles. The van der Waals surface area contributed by atoms with Crippen LogP contribution in [0.25, 0.3) is 0 Å². The number of nitrogens with one attached hydrogen (secondary N) is 2. The summed E-state index contributed by atoms with van der Waals surface area (Å²) in [6, 6.07) is 0. The van der Waals surface area contributed by atoms with E-state index in [4.69, 9.17) is 0 Å². The average molecular weight is 1250 g/mol. The van der Waals surface area contributed by atoms with Crippen LogP contribution in [0.1, 0.15) is 233 Å². The van der Waals surface area contributed by atoms with Gasteiger partial charge in [0.05, 0.1) is 40.3 Å². The first-order chi connectivity index (χ1) is 33.8. The predicted octanol–water partition coefficient (Wildman–Crippen LogP) is -0.538. The summed E-state index contributed by atoms with van der Waals surface area (Å²) >= 11 is 0. The summed E-state index contributed by atoms with van der Waals surface area (Å²) in [5.41, 5.74) is 0. The third kappa shape index (κ3) is 58.4. The number of unbranched alkanes of at least 4 members (excludes halogenated alkanes) is 30. The number of nitrogens with zero attached hydrogens (tertiary/aromatic N) is 2. The quantitative estimate of drug-likeness (QED) is 0.0361. The largest absolute Gasteiger partial charge is 1.00 e. The molecule has 11 nitrogen and oxygen atoms in total. The number of carbonyl (C=O) groups is 1. The number of alkyl halides is 8. The molecule has 452 valence electrons. The van der Waals surface area contributed by atoms with Gasteiger partial charge in [-0.15, -0.1) is 0 Å². The van der Waals surface area contributed by atoms with Crippen LogP contribution in [0.5, 0.6) is 0 Å². The van der Waals surface area contributed by atoms with Crippen molar-refractivity contribution < 1.29 is 203 Å². The maximum atomic E-state index is 11.4. The Labute approximate surface area is 555 Å². The Bertz CT molecular complexity index is 1380. The van der Waals surface area contributed by atoms with E-state index in [1.807, 2.05) is 0 Å². The summed E-state index contributed by atoms with van der Waals surface area (Å²) in [7, 11) is -7.84. The van der Waals surface area contributed by atoms with E-state index in [0.29, 0.717) is 0 Å². The molecule has 0 aromatic heterocycles. The molecule has 0 aliphatic carbocycles. The van der Waals surface area contributed by atoms with Gasteiger partial charge in [0.25, 0.3) is 0 Å². The molecule has 0 spiro atoms. The fraction of sp³-hybridized carbons (Fsp3) is 0.980. The van der Waals surface area contributed by atoms with Crippen molar-refractivity contribution in [2.24, 2.45) is 0 Å². The summed E-state index contributed by atoms with van der Waals surface area (Å²) in [4.78, 5) is 18.1. The Balaban J connectivity index is -0.000000171. The van der Waals surface area contributed by atoms with Crippen LogP contribution < -0.4 is 137 Å². The van der Waals surface area contributed by atoms with Gasteiger partial charge in [-0.2, -0.15) is 17.6 Å². The first-order valence-electron chi connectivity index (χ1n) is 27.5. The first-order valence-corrected chi connectivity index (χ1v) is 30.4. The number of hydrogen-bond donors (Lipinski definition) is 2. The summed E-state index contributed by atoms with van der Waals surface area (Å²) in [6.07, 6.45) is 37.9. The molecule has 0 aromatic carbocycles. The Morgan fingerprint density at radius 3 is 0.737 bits per heavy atom. The molecule has 2 aliphatic heterocycles. The second-order valence-electron chi connectivity index (χ2n) is 20.1. The minimum absolute atomic E-state index is 0. The van der Waals surface area contributed by atoms with Crippen molar-refractivity contribution in [1.82, 2.24) is 9.80 Å². The van der Waals surface area contributed by atoms with Crippen molar-refractivity contribution in [2.45, 2.75) is 257 Å². The van der Waals surface area contributed by atoms with E-state index in [1.165, 1.54) is 272 Å². The molecule has 0 aromatic rings. The Morgan fingerprint density at radius 2 is 0.618 bits per heavy atom. The summed E-state index contributed by atoms with van der Waals surface area (Å²) < 4.78 is 145. The van der Waals surface area contributed by atoms with Gasteiger partial charge < -0.3 is 48.5 Å². The number of quaternary nitrogens is 2. The number of rotatable bonds is 38. The van der Waals surface area contributed by atoms with Gasteiger partial charge in [-0.25, -0.2) is 34.4 Å². The van der Waals surface area contributed by atoms with Crippen molar-refractivity contribution >= 4 is 26.0 Å². The molecule has 2 N–H and O–H groups in total. The minimum Gasteiger partial charge on any atom is -1.00 e. The number of halogens is 10. The van der Waals surface area contributed by atoms with Gasteiger partial charge in [0.1, 0.15) is 19.1 Å². The van der Waals surface area contributed by atoms with Crippen LogP contribution in [-0.2, 0) is 25.0 Å². The summed E-state index contributed by atoms with van der Waals surface area (Å²) in [5.74, 6) is 0.167. The molecular formula is C51H102Cl2F8K2N4O7S2.